The SMILES string of the molecule is COc1cc(C(=O)Nc2ccc3c(c2)N(S(=O)(=O)c2ccc(F)cc2)CCC3)c([N+](=O)[O-])cc1OC. The molecule has 0 radical (unpaired) electrons. The summed E-state index contributed by atoms with van der Waals surface area (Å²) in [6.07, 6.45) is 1.21. The highest BCUT2D eigenvalue weighted by Gasteiger charge is 2.30. The number of halogens is 1. The van der Waals surface area contributed by atoms with Crippen molar-refractivity contribution in [1.82, 2.24) is 0 Å². The highest BCUT2D eigenvalue weighted by molar-refractivity contribution is 7.92. The second kappa shape index (κ2) is 9.82. The van der Waals surface area contributed by atoms with Crippen LogP contribution in [0.25, 0.3) is 0 Å². The number of ether oxygens (including phenoxy) is 2. The Hall–Kier alpha value is -4.19. The third kappa shape index (κ3) is 4.67. The molecule has 0 saturated carbocycles. The van der Waals surface area contributed by atoms with E-state index in [1.807, 2.05) is 0 Å². The highest BCUT2D eigenvalue weighted by Crippen LogP contribution is 2.37. The molecule has 1 aliphatic heterocycles. The lowest BCUT2D eigenvalue weighted by atomic mass is 10.0. The van der Waals surface area contributed by atoms with Crippen molar-refractivity contribution in [3.8, 4) is 11.5 Å². The van der Waals surface area contributed by atoms with E-state index < -0.39 is 32.4 Å². The van der Waals surface area contributed by atoms with Gasteiger partial charge in [0.2, 0.25) is 0 Å². The van der Waals surface area contributed by atoms with Gasteiger partial charge in [0, 0.05) is 18.3 Å². The smallest absolute Gasteiger partial charge is 0.286 e. The van der Waals surface area contributed by atoms with E-state index in [2.05, 4.69) is 5.32 Å². The molecule has 0 unspecified atom stereocenters. The maximum absolute atomic E-state index is 13.3. The second-order valence-corrected chi connectivity index (χ2v) is 9.78. The molecular formula is C24H22FN3O7S. The molecule has 188 valence electrons. The van der Waals surface area contributed by atoms with Crippen molar-refractivity contribution < 1.29 is 32.0 Å². The van der Waals surface area contributed by atoms with Gasteiger partial charge in [-0.25, -0.2) is 12.8 Å². The average molecular weight is 516 g/mol. The maximum atomic E-state index is 13.3. The van der Waals surface area contributed by atoms with Gasteiger partial charge in [0.1, 0.15) is 11.4 Å². The molecule has 0 bridgehead atoms. The maximum Gasteiger partial charge on any atom is 0.286 e. The Kier molecular flexibility index (Phi) is 6.80. The number of nitro benzene ring substituents is 1. The number of benzene rings is 3. The minimum absolute atomic E-state index is 0.0628. The number of anilines is 2. The number of rotatable bonds is 7. The fourth-order valence-corrected chi connectivity index (χ4v) is 5.53. The molecule has 3 aromatic carbocycles. The number of fused-ring (bicyclic) bond motifs is 1. The number of nitrogens with one attached hydrogen (secondary N) is 1. The fraction of sp³-hybridized carbons (Fsp3) is 0.208. The number of amides is 1. The van der Waals surface area contributed by atoms with Gasteiger partial charge in [0.25, 0.3) is 21.6 Å². The molecule has 0 spiro atoms. The van der Waals surface area contributed by atoms with E-state index in [-0.39, 0.29) is 34.2 Å². The van der Waals surface area contributed by atoms with E-state index in [1.165, 1.54) is 42.8 Å². The molecule has 0 aromatic heterocycles. The van der Waals surface area contributed by atoms with E-state index in [0.717, 1.165) is 23.8 Å². The first-order chi connectivity index (χ1) is 17.1. The molecule has 1 amide bonds. The topological polar surface area (TPSA) is 128 Å². The van der Waals surface area contributed by atoms with Gasteiger partial charge in [-0.3, -0.25) is 19.2 Å². The van der Waals surface area contributed by atoms with Crippen LogP contribution in [0.4, 0.5) is 21.5 Å². The van der Waals surface area contributed by atoms with Crippen molar-refractivity contribution in [3.63, 3.8) is 0 Å². The van der Waals surface area contributed by atoms with Crippen molar-refractivity contribution in [2.45, 2.75) is 17.7 Å². The molecule has 0 atom stereocenters. The number of hydrogen-bond donors (Lipinski definition) is 1. The van der Waals surface area contributed by atoms with E-state index >= 15 is 0 Å². The Morgan fingerprint density at radius 1 is 1.06 bits per heavy atom. The van der Waals surface area contributed by atoms with E-state index in [0.29, 0.717) is 18.5 Å². The Morgan fingerprint density at radius 2 is 1.72 bits per heavy atom. The molecule has 36 heavy (non-hydrogen) atoms. The molecular weight excluding hydrogens is 493 g/mol. The number of carbonyl (C=O) groups is 1. The minimum atomic E-state index is -3.99. The lowest BCUT2D eigenvalue weighted by Gasteiger charge is -2.31. The summed E-state index contributed by atoms with van der Waals surface area (Å²) in [5.74, 6) is -1.11. The van der Waals surface area contributed by atoms with Gasteiger partial charge in [-0.1, -0.05) is 6.07 Å². The lowest BCUT2D eigenvalue weighted by Crippen LogP contribution is -2.35. The van der Waals surface area contributed by atoms with Gasteiger partial charge >= 0.3 is 0 Å². The fourth-order valence-electron chi connectivity index (χ4n) is 4.00. The van der Waals surface area contributed by atoms with Crippen LogP contribution in [0.3, 0.4) is 0 Å². The van der Waals surface area contributed by atoms with Gasteiger partial charge < -0.3 is 14.8 Å². The van der Waals surface area contributed by atoms with Gasteiger partial charge in [0.15, 0.2) is 11.5 Å². The number of nitro groups is 1. The van der Waals surface area contributed by atoms with Crippen LogP contribution in [-0.4, -0.2) is 40.0 Å². The Bertz CT molecular complexity index is 1440. The Balaban J connectivity index is 1.69. The van der Waals surface area contributed by atoms with Crippen molar-refractivity contribution in [1.29, 1.82) is 0 Å². The highest BCUT2D eigenvalue weighted by atomic mass is 32.2. The zero-order chi connectivity index (χ0) is 26.0. The van der Waals surface area contributed by atoms with Crippen LogP contribution in [-0.2, 0) is 16.4 Å². The van der Waals surface area contributed by atoms with Gasteiger partial charge in [0.05, 0.1) is 35.8 Å². The van der Waals surface area contributed by atoms with Crippen molar-refractivity contribution >= 4 is 33.0 Å². The molecule has 1 aliphatic rings. The predicted molar refractivity (Wildman–Crippen MR) is 130 cm³/mol. The van der Waals surface area contributed by atoms with Crippen molar-refractivity contribution in [3.05, 3.63) is 81.7 Å². The van der Waals surface area contributed by atoms with Crippen molar-refractivity contribution in [2.75, 3.05) is 30.4 Å². The number of nitrogens with zero attached hydrogens (tertiary/aromatic N) is 2. The monoisotopic (exact) mass is 515 g/mol. The standard InChI is InChI=1S/C24H22FN3O7S/c1-34-22-13-19(21(28(30)31)14-23(22)35-2)24(29)26-17-8-5-15-4-3-11-27(20(15)12-17)36(32,33)18-9-6-16(25)7-10-18/h5-10,12-14H,3-4,11H2,1-2H3,(H,26,29). The zero-order valence-electron chi connectivity index (χ0n) is 19.4. The number of sulfonamides is 1. The normalized spacial score (nSPS) is 13.0. The number of carbonyl (C=O) groups excluding carboxylic acids is 1. The van der Waals surface area contributed by atoms with Gasteiger partial charge in [-0.05, 0) is 54.8 Å². The number of hydrogen-bond acceptors (Lipinski definition) is 7. The van der Waals surface area contributed by atoms with Crippen molar-refractivity contribution in [2.24, 2.45) is 0 Å². The summed E-state index contributed by atoms with van der Waals surface area (Å²) in [5, 5.41) is 14.2. The van der Waals surface area contributed by atoms with Crippen LogP contribution in [0.2, 0.25) is 0 Å². The number of methoxy groups -OCH3 is 2. The quantitative estimate of drug-likeness (QED) is 0.370. The average Bonchev–Trinajstić information content (AvgIpc) is 2.87. The summed E-state index contributed by atoms with van der Waals surface area (Å²) in [6, 6.07) is 11.6. The van der Waals surface area contributed by atoms with Crippen LogP contribution in [0.5, 0.6) is 11.5 Å². The van der Waals surface area contributed by atoms with E-state index in [1.54, 1.807) is 12.1 Å². The zero-order valence-corrected chi connectivity index (χ0v) is 20.2. The molecule has 3 aromatic rings. The molecule has 0 aliphatic carbocycles. The summed E-state index contributed by atoms with van der Waals surface area (Å²) < 4.78 is 51.4. The molecule has 0 saturated heterocycles. The molecule has 1 heterocycles. The van der Waals surface area contributed by atoms with E-state index in [9.17, 15) is 27.7 Å². The van der Waals surface area contributed by atoms with E-state index in [4.69, 9.17) is 9.47 Å². The number of aryl methyl sites for hydroxylation is 1. The van der Waals surface area contributed by atoms with Crippen LogP contribution < -0.4 is 19.1 Å². The minimum Gasteiger partial charge on any atom is -0.493 e. The third-order valence-electron chi connectivity index (χ3n) is 5.76. The summed E-state index contributed by atoms with van der Waals surface area (Å²) >= 11 is 0. The molecule has 12 heteroatoms. The van der Waals surface area contributed by atoms with Crippen LogP contribution in [0.15, 0.2) is 59.5 Å². The lowest BCUT2D eigenvalue weighted by molar-refractivity contribution is -0.385. The Labute approximate surface area is 206 Å². The van der Waals surface area contributed by atoms with Crippen LogP contribution in [0, 0.1) is 15.9 Å². The first kappa shape index (κ1) is 24.9. The molecule has 10 nitrogen and oxygen atoms in total. The van der Waals surface area contributed by atoms with Gasteiger partial charge in [-0.15, -0.1) is 0 Å². The molecule has 1 N–H and O–H groups in total. The van der Waals surface area contributed by atoms with Gasteiger partial charge in [-0.2, -0.15) is 0 Å². The van der Waals surface area contributed by atoms with Crippen LogP contribution >= 0.6 is 0 Å². The first-order valence-corrected chi connectivity index (χ1v) is 12.2. The summed E-state index contributed by atoms with van der Waals surface area (Å²) in [5.41, 5.74) is 0.617. The first-order valence-electron chi connectivity index (χ1n) is 10.8. The largest absolute Gasteiger partial charge is 0.493 e. The summed E-state index contributed by atoms with van der Waals surface area (Å²) in [6.45, 7) is 0.200. The predicted octanol–water partition coefficient (Wildman–Crippen LogP) is 4.14. The molecule has 0 fully saturated rings. The Morgan fingerprint density at radius 3 is 2.36 bits per heavy atom. The van der Waals surface area contributed by atoms with Crippen LogP contribution in [0.1, 0.15) is 22.3 Å². The third-order valence-corrected chi connectivity index (χ3v) is 7.59. The summed E-state index contributed by atoms with van der Waals surface area (Å²) in [4.78, 5) is 23.8. The summed E-state index contributed by atoms with van der Waals surface area (Å²) in [7, 11) is -1.33. The second-order valence-electron chi connectivity index (χ2n) is 7.91. The molecule has 4 rings (SSSR count).